The van der Waals surface area contributed by atoms with Gasteiger partial charge in [-0.2, -0.15) is 0 Å². The van der Waals surface area contributed by atoms with Crippen molar-refractivity contribution in [1.29, 1.82) is 0 Å². The third-order valence-electron chi connectivity index (χ3n) is 6.70. The fourth-order valence-electron chi connectivity index (χ4n) is 4.98. The van der Waals surface area contributed by atoms with E-state index in [0.29, 0.717) is 17.7 Å². The maximum atomic E-state index is 13.4. The molecular formula is C27H42N2O3. The normalized spacial score (nSPS) is 23.9. The SMILES string of the molecule is CN1CCCCCCCN(C(=O)CC(C)(C)C)[C@@H]2CCCC[C@@H]2Oc2ccccc2C1=O. The molecule has 1 aliphatic carbocycles. The molecule has 2 amide bonds. The fraction of sp³-hybridized carbons (Fsp3) is 0.704. The van der Waals surface area contributed by atoms with Crippen LogP contribution < -0.4 is 4.74 Å². The van der Waals surface area contributed by atoms with Crippen molar-refractivity contribution in [2.75, 3.05) is 20.1 Å². The Morgan fingerprint density at radius 2 is 1.62 bits per heavy atom. The number of hydrogen-bond donors (Lipinski definition) is 0. The first-order valence-corrected chi connectivity index (χ1v) is 12.6. The summed E-state index contributed by atoms with van der Waals surface area (Å²) in [4.78, 5) is 30.5. The number of hydrogen-bond acceptors (Lipinski definition) is 3. The molecule has 1 heterocycles. The molecule has 0 spiro atoms. The summed E-state index contributed by atoms with van der Waals surface area (Å²) in [5, 5.41) is 0. The highest BCUT2D eigenvalue weighted by Gasteiger charge is 2.36. The van der Waals surface area contributed by atoms with Crippen LogP contribution in [0.3, 0.4) is 0 Å². The molecule has 0 aromatic heterocycles. The average molecular weight is 443 g/mol. The molecule has 32 heavy (non-hydrogen) atoms. The summed E-state index contributed by atoms with van der Waals surface area (Å²) in [5.41, 5.74) is 0.588. The van der Waals surface area contributed by atoms with Crippen LogP contribution in [0.1, 0.15) is 95.3 Å². The third kappa shape index (κ3) is 6.73. The van der Waals surface area contributed by atoms with E-state index in [1.807, 2.05) is 36.2 Å². The Morgan fingerprint density at radius 3 is 2.38 bits per heavy atom. The first-order chi connectivity index (χ1) is 15.3. The van der Waals surface area contributed by atoms with Crippen molar-refractivity contribution in [2.24, 2.45) is 5.41 Å². The van der Waals surface area contributed by atoms with E-state index in [9.17, 15) is 9.59 Å². The lowest BCUT2D eigenvalue weighted by Crippen LogP contribution is -2.51. The zero-order valence-electron chi connectivity index (χ0n) is 20.6. The summed E-state index contributed by atoms with van der Waals surface area (Å²) in [5.74, 6) is 0.911. The smallest absolute Gasteiger partial charge is 0.257 e. The van der Waals surface area contributed by atoms with E-state index in [1.165, 1.54) is 0 Å². The fourth-order valence-corrected chi connectivity index (χ4v) is 4.98. The minimum atomic E-state index is -0.0722. The maximum absolute atomic E-state index is 13.4. The van der Waals surface area contributed by atoms with Gasteiger partial charge in [0.15, 0.2) is 0 Å². The molecule has 0 N–H and O–H groups in total. The number of amides is 2. The number of fused-ring (bicyclic) bond motifs is 2. The molecule has 3 rings (SSSR count). The summed E-state index contributed by atoms with van der Waals surface area (Å²) in [7, 11) is 1.88. The van der Waals surface area contributed by atoms with Gasteiger partial charge >= 0.3 is 0 Å². The van der Waals surface area contributed by atoms with Crippen molar-refractivity contribution in [3.05, 3.63) is 29.8 Å². The van der Waals surface area contributed by atoms with Crippen molar-refractivity contribution in [3.8, 4) is 5.75 Å². The molecule has 0 radical (unpaired) electrons. The van der Waals surface area contributed by atoms with Crippen LogP contribution in [0.4, 0.5) is 0 Å². The van der Waals surface area contributed by atoms with Crippen molar-refractivity contribution < 1.29 is 14.3 Å². The highest BCUT2D eigenvalue weighted by Crippen LogP contribution is 2.32. The van der Waals surface area contributed by atoms with Crippen LogP contribution in [0, 0.1) is 5.41 Å². The van der Waals surface area contributed by atoms with Crippen molar-refractivity contribution >= 4 is 11.8 Å². The molecular weight excluding hydrogens is 400 g/mol. The molecule has 1 saturated carbocycles. The van der Waals surface area contributed by atoms with Gasteiger partial charge in [-0.3, -0.25) is 9.59 Å². The maximum Gasteiger partial charge on any atom is 0.257 e. The van der Waals surface area contributed by atoms with Crippen LogP contribution in [0.2, 0.25) is 0 Å². The molecule has 0 unspecified atom stereocenters. The van der Waals surface area contributed by atoms with Crippen molar-refractivity contribution in [2.45, 2.75) is 97.1 Å². The Labute approximate surface area is 194 Å². The zero-order valence-corrected chi connectivity index (χ0v) is 20.6. The summed E-state index contributed by atoms with van der Waals surface area (Å²) in [6.45, 7) is 7.96. The predicted molar refractivity (Wildman–Crippen MR) is 129 cm³/mol. The molecule has 1 aromatic carbocycles. The lowest BCUT2D eigenvalue weighted by atomic mass is 9.88. The van der Waals surface area contributed by atoms with Gasteiger partial charge in [-0.05, 0) is 49.7 Å². The van der Waals surface area contributed by atoms with Gasteiger partial charge in [0.1, 0.15) is 11.9 Å². The topological polar surface area (TPSA) is 49.9 Å². The highest BCUT2D eigenvalue weighted by atomic mass is 16.5. The van der Waals surface area contributed by atoms with E-state index in [0.717, 1.165) is 70.9 Å². The molecule has 0 saturated heterocycles. The minimum Gasteiger partial charge on any atom is -0.487 e. The van der Waals surface area contributed by atoms with Gasteiger partial charge < -0.3 is 14.5 Å². The summed E-state index contributed by atoms with van der Waals surface area (Å²) in [6.07, 6.45) is 9.99. The van der Waals surface area contributed by atoms with E-state index in [4.69, 9.17) is 4.74 Å². The second-order valence-corrected chi connectivity index (χ2v) is 10.8. The molecule has 5 heteroatoms. The van der Waals surface area contributed by atoms with E-state index in [1.54, 1.807) is 0 Å². The first-order valence-electron chi connectivity index (χ1n) is 12.6. The van der Waals surface area contributed by atoms with Crippen LogP contribution in [0.25, 0.3) is 0 Å². The second-order valence-electron chi connectivity index (χ2n) is 10.8. The number of para-hydroxylation sites is 1. The Kier molecular flexibility index (Phi) is 8.61. The van der Waals surface area contributed by atoms with E-state index < -0.39 is 0 Å². The van der Waals surface area contributed by atoms with E-state index >= 15 is 0 Å². The molecule has 1 aromatic rings. The Morgan fingerprint density at radius 1 is 0.969 bits per heavy atom. The van der Waals surface area contributed by atoms with Gasteiger partial charge in [-0.25, -0.2) is 0 Å². The molecule has 2 atom stereocenters. The number of benzene rings is 1. The molecule has 2 aliphatic rings. The van der Waals surface area contributed by atoms with Crippen LogP contribution in [-0.2, 0) is 4.79 Å². The van der Waals surface area contributed by atoms with Gasteiger partial charge in [-0.1, -0.05) is 58.6 Å². The number of nitrogens with zero attached hydrogens (tertiary/aromatic N) is 2. The minimum absolute atomic E-state index is 0.0171. The standard InChI is InChI=1S/C27H42N2O3/c1-27(2,3)20-25(30)29-19-13-7-5-6-12-18-28(4)26(31)21-14-8-10-16-23(21)32-24-17-11-9-15-22(24)29/h8,10,14,16,22,24H,5-7,9,11-13,15,17-20H2,1-4H3/t22-,24+/m1/s1. The summed E-state index contributed by atoms with van der Waals surface area (Å²) in [6, 6.07) is 7.68. The lowest BCUT2D eigenvalue weighted by molar-refractivity contribution is -0.138. The zero-order chi connectivity index (χ0) is 23.1. The Balaban J connectivity index is 1.91. The first kappa shape index (κ1) is 24.6. The van der Waals surface area contributed by atoms with Gasteiger partial charge in [0.2, 0.25) is 5.91 Å². The summed E-state index contributed by atoms with van der Waals surface area (Å²) < 4.78 is 6.56. The molecule has 1 aliphatic heterocycles. The van der Waals surface area contributed by atoms with Gasteiger partial charge in [-0.15, -0.1) is 0 Å². The quantitative estimate of drug-likeness (QED) is 0.562. The molecule has 178 valence electrons. The largest absolute Gasteiger partial charge is 0.487 e. The molecule has 1 fully saturated rings. The van der Waals surface area contributed by atoms with Gasteiger partial charge in [0.25, 0.3) is 5.91 Å². The van der Waals surface area contributed by atoms with E-state index in [2.05, 4.69) is 25.7 Å². The number of carbonyl (C=O) groups is 2. The Hall–Kier alpha value is -2.04. The molecule has 0 bridgehead atoms. The van der Waals surface area contributed by atoms with Crippen LogP contribution in [-0.4, -0.2) is 53.9 Å². The number of ether oxygens (including phenoxy) is 1. The summed E-state index contributed by atoms with van der Waals surface area (Å²) >= 11 is 0. The van der Waals surface area contributed by atoms with E-state index in [-0.39, 0.29) is 29.4 Å². The van der Waals surface area contributed by atoms with Crippen LogP contribution >= 0.6 is 0 Å². The third-order valence-corrected chi connectivity index (χ3v) is 6.70. The Bertz CT molecular complexity index is 770. The monoisotopic (exact) mass is 442 g/mol. The highest BCUT2D eigenvalue weighted by molar-refractivity contribution is 5.96. The molecule has 5 nitrogen and oxygen atoms in total. The van der Waals surface area contributed by atoms with Gasteiger partial charge in [0, 0.05) is 26.6 Å². The van der Waals surface area contributed by atoms with Gasteiger partial charge in [0.05, 0.1) is 11.6 Å². The van der Waals surface area contributed by atoms with Crippen LogP contribution in [0.5, 0.6) is 5.75 Å². The predicted octanol–water partition coefficient (Wildman–Crippen LogP) is 5.68. The van der Waals surface area contributed by atoms with Crippen molar-refractivity contribution in [3.63, 3.8) is 0 Å². The lowest BCUT2D eigenvalue weighted by Gasteiger charge is -2.41. The van der Waals surface area contributed by atoms with Crippen LogP contribution in [0.15, 0.2) is 24.3 Å². The number of rotatable bonds is 1. The average Bonchev–Trinajstić information content (AvgIpc) is 2.74. The van der Waals surface area contributed by atoms with Crippen molar-refractivity contribution in [1.82, 2.24) is 9.80 Å². The number of carbonyl (C=O) groups excluding carboxylic acids is 2. The second kappa shape index (κ2) is 11.2.